The molecule has 112 valence electrons. The molecule has 5 heteroatoms. The van der Waals surface area contributed by atoms with Crippen molar-refractivity contribution in [2.24, 2.45) is 0 Å². The van der Waals surface area contributed by atoms with Crippen LogP contribution in [0, 0.1) is 0 Å². The number of benzene rings is 1. The Kier molecular flexibility index (Phi) is 5.30. The minimum atomic E-state index is -1.03. The van der Waals surface area contributed by atoms with E-state index in [-0.39, 0.29) is 0 Å². The van der Waals surface area contributed by atoms with Crippen LogP contribution in [-0.4, -0.2) is 22.6 Å². The number of ether oxygens (including phenoxy) is 1. The Hall–Kier alpha value is -2.56. The molecular formula is C16H19NO4. The number of carboxylic acid groups (broad SMARTS) is 1. The van der Waals surface area contributed by atoms with Gasteiger partial charge in [0.25, 0.3) is 0 Å². The molecule has 0 aliphatic heterocycles. The second-order valence-corrected chi connectivity index (χ2v) is 5.43. The van der Waals surface area contributed by atoms with Crippen molar-refractivity contribution in [3.8, 4) is 0 Å². The molecule has 0 amide bonds. The smallest absolute Gasteiger partial charge is 0.331 e. The molecule has 3 N–H and O–H groups in total. The van der Waals surface area contributed by atoms with Gasteiger partial charge in [-0.05, 0) is 50.1 Å². The second kappa shape index (κ2) is 6.74. The van der Waals surface area contributed by atoms with Crippen molar-refractivity contribution in [2.75, 3.05) is 5.73 Å². The number of hydrogen-bond donors (Lipinski definition) is 2. The van der Waals surface area contributed by atoms with Crippen molar-refractivity contribution in [1.82, 2.24) is 0 Å². The monoisotopic (exact) mass is 289 g/mol. The van der Waals surface area contributed by atoms with Crippen LogP contribution >= 0.6 is 0 Å². The van der Waals surface area contributed by atoms with Crippen LogP contribution in [0.1, 0.15) is 31.9 Å². The largest absolute Gasteiger partial charge is 0.478 e. The maximum absolute atomic E-state index is 11.6. The molecule has 0 bridgehead atoms. The van der Waals surface area contributed by atoms with E-state index in [0.717, 1.165) is 6.08 Å². The Morgan fingerprint density at radius 1 is 1.19 bits per heavy atom. The first-order chi connectivity index (χ1) is 9.67. The van der Waals surface area contributed by atoms with Crippen LogP contribution in [0.4, 0.5) is 5.69 Å². The molecule has 0 heterocycles. The molecule has 0 saturated heterocycles. The predicted molar refractivity (Wildman–Crippen MR) is 82.4 cm³/mol. The molecule has 0 spiro atoms. The van der Waals surface area contributed by atoms with Crippen molar-refractivity contribution in [2.45, 2.75) is 26.4 Å². The highest BCUT2D eigenvalue weighted by Crippen LogP contribution is 2.17. The molecule has 1 aromatic rings. The minimum absolute atomic E-state index is 0.447. The van der Waals surface area contributed by atoms with Gasteiger partial charge >= 0.3 is 11.9 Å². The maximum Gasteiger partial charge on any atom is 0.331 e. The van der Waals surface area contributed by atoms with Gasteiger partial charge in [0.1, 0.15) is 5.60 Å². The van der Waals surface area contributed by atoms with E-state index in [9.17, 15) is 9.59 Å². The van der Waals surface area contributed by atoms with Gasteiger partial charge in [0.05, 0.1) is 0 Å². The number of carbonyl (C=O) groups excluding carboxylic acids is 1. The van der Waals surface area contributed by atoms with Gasteiger partial charge in [0, 0.05) is 17.8 Å². The molecule has 1 aromatic carbocycles. The second-order valence-electron chi connectivity index (χ2n) is 5.43. The molecule has 0 saturated carbocycles. The summed E-state index contributed by atoms with van der Waals surface area (Å²) in [5.74, 6) is -1.47. The highest BCUT2D eigenvalue weighted by molar-refractivity contribution is 5.89. The third-order valence-electron chi connectivity index (χ3n) is 2.33. The zero-order valence-corrected chi connectivity index (χ0v) is 12.3. The summed E-state index contributed by atoms with van der Waals surface area (Å²) >= 11 is 0. The van der Waals surface area contributed by atoms with E-state index < -0.39 is 17.5 Å². The summed E-state index contributed by atoms with van der Waals surface area (Å²) in [7, 11) is 0. The molecule has 0 radical (unpaired) electrons. The zero-order chi connectivity index (χ0) is 16.0. The van der Waals surface area contributed by atoms with Gasteiger partial charge in [0.15, 0.2) is 0 Å². The first-order valence-electron chi connectivity index (χ1n) is 6.39. The van der Waals surface area contributed by atoms with Crippen LogP contribution in [-0.2, 0) is 14.3 Å². The Morgan fingerprint density at radius 2 is 1.86 bits per heavy atom. The summed E-state index contributed by atoms with van der Waals surface area (Å²) in [6, 6.07) is 5.05. The van der Waals surface area contributed by atoms with Crippen LogP contribution in [0.5, 0.6) is 0 Å². The van der Waals surface area contributed by atoms with E-state index in [1.807, 2.05) is 0 Å². The molecule has 0 fully saturated rings. The minimum Gasteiger partial charge on any atom is -0.478 e. The van der Waals surface area contributed by atoms with E-state index >= 15 is 0 Å². The lowest BCUT2D eigenvalue weighted by Gasteiger charge is -2.17. The molecule has 21 heavy (non-hydrogen) atoms. The number of nitrogen functional groups attached to an aromatic ring is 1. The van der Waals surface area contributed by atoms with Crippen LogP contribution < -0.4 is 5.73 Å². The summed E-state index contributed by atoms with van der Waals surface area (Å²) in [4.78, 5) is 22.0. The Morgan fingerprint density at radius 3 is 2.38 bits per heavy atom. The van der Waals surface area contributed by atoms with Crippen LogP contribution in [0.25, 0.3) is 12.2 Å². The van der Waals surface area contributed by atoms with E-state index in [1.165, 1.54) is 12.2 Å². The number of nitrogens with two attached hydrogens (primary N) is 1. The van der Waals surface area contributed by atoms with Crippen LogP contribution in [0.3, 0.4) is 0 Å². The van der Waals surface area contributed by atoms with Gasteiger partial charge in [0.2, 0.25) is 0 Å². The predicted octanol–water partition coefficient (Wildman–Crippen LogP) is 2.72. The third kappa shape index (κ3) is 6.42. The number of anilines is 1. The van der Waals surface area contributed by atoms with Crippen molar-refractivity contribution in [3.63, 3.8) is 0 Å². The fraction of sp³-hybridized carbons (Fsp3) is 0.250. The van der Waals surface area contributed by atoms with Gasteiger partial charge in [-0.25, -0.2) is 9.59 Å². The van der Waals surface area contributed by atoms with Gasteiger partial charge in [-0.2, -0.15) is 0 Å². The topological polar surface area (TPSA) is 89.6 Å². The molecule has 0 unspecified atom stereocenters. The van der Waals surface area contributed by atoms with E-state index in [4.69, 9.17) is 15.6 Å². The van der Waals surface area contributed by atoms with Gasteiger partial charge in [-0.15, -0.1) is 0 Å². The van der Waals surface area contributed by atoms with Gasteiger partial charge < -0.3 is 15.6 Å². The lowest BCUT2D eigenvalue weighted by atomic mass is 10.1. The first-order valence-corrected chi connectivity index (χ1v) is 6.39. The quantitative estimate of drug-likeness (QED) is 0.505. The van der Waals surface area contributed by atoms with E-state index in [2.05, 4.69) is 0 Å². The van der Waals surface area contributed by atoms with Crippen molar-refractivity contribution in [3.05, 3.63) is 41.5 Å². The molecular weight excluding hydrogens is 270 g/mol. The Balaban J connectivity index is 2.81. The number of esters is 1. The van der Waals surface area contributed by atoms with Gasteiger partial charge in [-0.3, -0.25) is 0 Å². The zero-order valence-electron chi connectivity index (χ0n) is 12.3. The SMILES string of the molecule is CC(C)(C)OC(=O)/C=C/c1ccc(/C=C/C(=O)O)cc1N. The number of rotatable bonds is 4. The number of aliphatic carboxylic acids is 1. The maximum atomic E-state index is 11.6. The Bertz CT molecular complexity index is 595. The normalized spacial score (nSPS) is 12.0. The fourth-order valence-corrected chi connectivity index (χ4v) is 1.51. The first kappa shape index (κ1) is 16.5. The van der Waals surface area contributed by atoms with Crippen LogP contribution in [0.15, 0.2) is 30.4 Å². The molecule has 0 aliphatic carbocycles. The average molecular weight is 289 g/mol. The van der Waals surface area contributed by atoms with Crippen molar-refractivity contribution in [1.29, 1.82) is 0 Å². The Labute approximate surface area is 123 Å². The lowest BCUT2D eigenvalue weighted by Crippen LogP contribution is -2.22. The highest BCUT2D eigenvalue weighted by Gasteiger charge is 2.13. The molecule has 0 aromatic heterocycles. The van der Waals surface area contributed by atoms with Crippen molar-refractivity contribution >= 4 is 29.8 Å². The number of carbonyl (C=O) groups is 2. The summed E-state index contributed by atoms with van der Waals surface area (Å²) < 4.78 is 5.14. The lowest BCUT2D eigenvalue weighted by molar-refractivity contribution is -0.148. The van der Waals surface area contributed by atoms with Crippen molar-refractivity contribution < 1.29 is 19.4 Å². The van der Waals surface area contributed by atoms with Crippen LogP contribution in [0.2, 0.25) is 0 Å². The molecule has 5 nitrogen and oxygen atoms in total. The summed E-state index contributed by atoms with van der Waals surface area (Å²) in [5, 5.41) is 8.56. The molecule has 1 rings (SSSR count). The highest BCUT2D eigenvalue weighted by atomic mass is 16.6. The van der Waals surface area contributed by atoms with E-state index in [0.29, 0.717) is 16.8 Å². The average Bonchev–Trinajstić information content (AvgIpc) is 2.33. The standard InChI is InChI=1S/C16H19NO4/c1-16(2,3)21-15(20)9-7-12-6-4-11(10-13(12)17)5-8-14(18)19/h4-10H,17H2,1-3H3,(H,18,19)/b8-5+,9-7+. The fourth-order valence-electron chi connectivity index (χ4n) is 1.51. The number of carboxylic acids is 1. The summed E-state index contributed by atoms with van der Waals surface area (Å²) in [6.07, 6.45) is 5.35. The molecule has 0 atom stereocenters. The summed E-state index contributed by atoms with van der Waals surface area (Å²) in [6.45, 7) is 5.37. The van der Waals surface area contributed by atoms with Gasteiger partial charge in [-0.1, -0.05) is 12.1 Å². The van der Waals surface area contributed by atoms with E-state index in [1.54, 1.807) is 45.0 Å². The number of hydrogen-bond acceptors (Lipinski definition) is 4. The summed E-state index contributed by atoms with van der Waals surface area (Å²) in [5.41, 5.74) is 7.09. The molecule has 0 aliphatic rings. The third-order valence-corrected chi connectivity index (χ3v) is 2.33.